The number of hydrogen-bond acceptors (Lipinski definition) is 3. The molecule has 1 saturated heterocycles. The minimum atomic E-state index is -0.451. The normalized spacial score (nSPS) is 18.3. The number of ether oxygens (including phenoxy) is 1. The van der Waals surface area contributed by atoms with E-state index in [0.717, 1.165) is 22.1 Å². The van der Waals surface area contributed by atoms with Crippen LogP contribution in [0.4, 0.5) is 5.69 Å². The maximum absolute atomic E-state index is 12.0. The number of carbonyl (C=O) groups is 1. The summed E-state index contributed by atoms with van der Waals surface area (Å²) in [6, 6.07) is 7.23. The second-order valence-electron chi connectivity index (χ2n) is 4.47. The Morgan fingerprint density at radius 3 is 2.56 bits per heavy atom. The van der Waals surface area contributed by atoms with Crippen LogP contribution in [0.3, 0.4) is 0 Å². The average Bonchev–Trinajstić information content (AvgIpc) is 2.41. The van der Waals surface area contributed by atoms with Crippen LogP contribution in [0, 0.1) is 9.49 Å². The second-order valence-corrected chi connectivity index (χ2v) is 5.72. The SMILES string of the molecule is NC(C(=O)Nc1ccc(I)cc1)C1CCOCC1. The summed E-state index contributed by atoms with van der Waals surface area (Å²) in [6.45, 7) is 1.41. The number of benzene rings is 1. The van der Waals surface area contributed by atoms with Gasteiger partial charge in [0, 0.05) is 22.5 Å². The molecule has 0 aliphatic carbocycles. The summed E-state index contributed by atoms with van der Waals surface area (Å²) in [7, 11) is 0. The number of anilines is 1. The van der Waals surface area contributed by atoms with Gasteiger partial charge >= 0.3 is 0 Å². The molecule has 1 fully saturated rings. The molecule has 98 valence electrons. The average molecular weight is 360 g/mol. The van der Waals surface area contributed by atoms with Crippen LogP contribution in [0.15, 0.2) is 24.3 Å². The molecule has 0 spiro atoms. The van der Waals surface area contributed by atoms with Crippen LogP contribution in [0.25, 0.3) is 0 Å². The summed E-state index contributed by atoms with van der Waals surface area (Å²) in [5.41, 5.74) is 6.79. The number of hydrogen-bond donors (Lipinski definition) is 2. The Morgan fingerprint density at radius 2 is 1.94 bits per heavy atom. The molecular formula is C13H17IN2O2. The minimum Gasteiger partial charge on any atom is -0.381 e. The van der Waals surface area contributed by atoms with E-state index in [1.54, 1.807) is 0 Å². The molecule has 3 N–H and O–H groups in total. The van der Waals surface area contributed by atoms with E-state index in [-0.39, 0.29) is 11.8 Å². The van der Waals surface area contributed by atoms with E-state index in [0.29, 0.717) is 13.2 Å². The van der Waals surface area contributed by atoms with Crippen molar-refractivity contribution in [2.75, 3.05) is 18.5 Å². The molecule has 1 aromatic carbocycles. The number of nitrogens with one attached hydrogen (secondary N) is 1. The second kappa shape index (κ2) is 6.49. The fourth-order valence-corrected chi connectivity index (χ4v) is 2.41. The molecule has 1 atom stereocenters. The predicted octanol–water partition coefficient (Wildman–Crippen LogP) is 1.98. The van der Waals surface area contributed by atoms with Crippen molar-refractivity contribution in [2.24, 2.45) is 11.7 Å². The van der Waals surface area contributed by atoms with E-state index in [9.17, 15) is 4.79 Å². The Balaban J connectivity index is 1.92. The first-order chi connectivity index (χ1) is 8.66. The largest absolute Gasteiger partial charge is 0.381 e. The lowest BCUT2D eigenvalue weighted by molar-refractivity contribution is -0.119. The van der Waals surface area contributed by atoms with Gasteiger partial charge in [-0.05, 0) is 65.6 Å². The third-order valence-corrected chi connectivity index (χ3v) is 3.91. The molecule has 1 aromatic rings. The molecule has 1 amide bonds. The Morgan fingerprint density at radius 1 is 1.33 bits per heavy atom. The molecule has 5 heteroatoms. The van der Waals surface area contributed by atoms with Gasteiger partial charge < -0.3 is 15.8 Å². The van der Waals surface area contributed by atoms with Crippen molar-refractivity contribution in [3.05, 3.63) is 27.8 Å². The number of rotatable bonds is 3. The van der Waals surface area contributed by atoms with Gasteiger partial charge in [0.1, 0.15) is 0 Å². The zero-order valence-corrected chi connectivity index (χ0v) is 12.2. The summed E-state index contributed by atoms with van der Waals surface area (Å²) in [5.74, 6) is 0.116. The van der Waals surface area contributed by atoms with Crippen LogP contribution in [-0.2, 0) is 9.53 Å². The highest BCUT2D eigenvalue weighted by Gasteiger charge is 2.26. The molecule has 2 rings (SSSR count). The molecular weight excluding hydrogens is 343 g/mol. The molecule has 18 heavy (non-hydrogen) atoms. The molecule has 0 saturated carbocycles. The Kier molecular flexibility index (Phi) is 4.96. The minimum absolute atomic E-state index is 0.108. The fourth-order valence-electron chi connectivity index (χ4n) is 2.05. The molecule has 4 nitrogen and oxygen atoms in total. The number of carbonyl (C=O) groups excluding carboxylic acids is 1. The van der Waals surface area contributed by atoms with Crippen molar-refractivity contribution in [1.82, 2.24) is 0 Å². The monoisotopic (exact) mass is 360 g/mol. The number of amides is 1. The molecule has 0 bridgehead atoms. The first-order valence-electron chi connectivity index (χ1n) is 6.06. The molecule has 0 radical (unpaired) electrons. The van der Waals surface area contributed by atoms with Gasteiger partial charge in [0.2, 0.25) is 5.91 Å². The van der Waals surface area contributed by atoms with E-state index in [4.69, 9.17) is 10.5 Å². The summed E-state index contributed by atoms with van der Waals surface area (Å²) in [5, 5.41) is 2.86. The first kappa shape index (κ1) is 13.8. The third-order valence-electron chi connectivity index (χ3n) is 3.19. The van der Waals surface area contributed by atoms with Gasteiger partial charge in [0.15, 0.2) is 0 Å². The van der Waals surface area contributed by atoms with Crippen molar-refractivity contribution in [3.63, 3.8) is 0 Å². The first-order valence-corrected chi connectivity index (χ1v) is 7.14. The predicted molar refractivity (Wildman–Crippen MR) is 79.3 cm³/mol. The van der Waals surface area contributed by atoms with Gasteiger partial charge in [0.25, 0.3) is 0 Å². The van der Waals surface area contributed by atoms with E-state index in [2.05, 4.69) is 27.9 Å². The highest BCUT2D eigenvalue weighted by molar-refractivity contribution is 14.1. The van der Waals surface area contributed by atoms with Gasteiger partial charge in [-0.25, -0.2) is 0 Å². The smallest absolute Gasteiger partial charge is 0.241 e. The van der Waals surface area contributed by atoms with Crippen molar-refractivity contribution < 1.29 is 9.53 Å². The quantitative estimate of drug-likeness (QED) is 0.811. The van der Waals surface area contributed by atoms with Gasteiger partial charge in [-0.2, -0.15) is 0 Å². The molecule has 1 aliphatic heterocycles. The van der Waals surface area contributed by atoms with Gasteiger partial charge in [0.05, 0.1) is 6.04 Å². The molecule has 0 aromatic heterocycles. The highest BCUT2D eigenvalue weighted by atomic mass is 127. The lowest BCUT2D eigenvalue weighted by Crippen LogP contribution is -2.43. The topological polar surface area (TPSA) is 64.4 Å². The summed E-state index contributed by atoms with van der Waals surface area (Å²) in [6.07, 6.45) is 1.72. The van der Waals surface area contributed by atoms with Crippen molar-refractivity contribution in [3.8, 4) is 0 Å². The fraction of sp³-hybridized carbons (Fsp3) is 0.462. The number of nitrogens with two attached hydrogens (primary N) is 1. The summed E-state index contributed by atoms with van der Waals surface area (Å²) < 4.78 is 6.41. The molecule has 1 heterocycles. The van der Waals surface area contributed by atoms with Crippen LogP contribution in [0.2, 0.25) is 0 Å². The third kappa shape index (κ3) is 3.66. The van der Waals surface area contributed by atoms with E-state index >= 15 is 0 Å². The van der Waals surface area contributed by atoms with Crippen LogP contribution >= 0.6 is 22.6 Å². The number of halogens is 1. The molecule has 1 aliphatic rings. The van der Waals surface area contributed by atoms with Crippen LogP contribution in [-0.4, -0.2) is 25.2 Å². The van der Waals surface area contributed by atoms with Crippen LogP contribution in [0.5, 0.6) is 0 Å². The summed E-state index contributed by atoms with van der Waals surface area (Å²) >= 11 is 2.23. The van der Waals surface area contributed by atoms with Gasteiger partial charge in [-0.1, -0.05) is 0 Å². The van der Waals surface area contributed by atoms with Crippen molar-refractivity contribution in [1.29, 1.82) is 0 Å². The maximum atomic E-state index is 12.0. The van der Waals surface area contributed by atoms with Crippen molar-refractivity contribution in [2.45, 2.75) is 18.9 Å². The highest BCUT2D eigenvalue weighted by Crippen LogP contribution is 2.19. The van der Waals surface area contributed by atoms with Gasteiger partial charge in [-0.3, -0.25) is 4.79 Å². The van der Waals surface area contributed by atoms with Crippen molar-refractivity contribution >= 4 is 34.2 Å². The van der Waals surface area contributed by atoms with E-state index in [1.165, 1.54) is 0 Å². The lowest BCUT2D eigenvalue weighted by Gasteiger charge is -2.26. The van der Waals surface area contributed by atoms with Gasteiger partial charge in [-0.15, -0.1) is 0 Å². The lowest BCUT2D eigenvalue weighted by atomic mass is 9.92. The standard InChI is InChI=1S/C13H17IN2O2/c14-10-1-3-11(4-2-10)16-13(17)12(15)9-5-7-18-8-6-9/h1-4,9,12H,5-8,15H2,(H,16,17). The van der Waals surface area contributed by atoms with Crippen LogP contribution in [0.1, 0.15) is 12.8 Å². The zero-order chi connectivity index (χ0) is 13.0. The Labute approximate surface area is 120 Å². The zero-order valence-electron chi connectivity index (χ0n) is 10.1. The Hall–Kier alpha value is -0.660. The van der Waals surface area contributed by atoms with E-state index in [1.807, 2.05) is 24.3 Å². The summed E-state index contributed by atoms with van der Waals surface area (Å²) in [4.78, 5) is 12.0. The molecule has 1 unspecified atom stereocenters. The maximum Gasteiger partial charge on any atom is 0.241 e. The van der Waals surface area contributed by atoms with E-state index < -0.39 is 6.04 Å². The van der Waals surface area contributed by atoms with Crippen LogP contribution < -0.4 is 11.1 Å². The Bertz CT molecular complexity index is 402.